The maximum absolute atomic E-state index is 13.0. The first kappa shape index (κ1) is 18.1. The molecule has 3 aromatic rings. The zero-order valence-corrected chi connectivity index (χ0v) is 14.6. The number of carbonyl (C=O) groups excluding carboxylic acids is 1. The van der Waals surface area contributed by atoms with Crippen molar-refractivity contribution in [1.82, 2.24) is 10.3 Å². The van der Waals surface area contributed by atoms with Gasteiger partial charge in [-0.05, 0) is 60.5 Å². The van der Waals surface area contributed by atoms with Crippen LogP contribution in [0.2, 0.25) is 0 Å². The predicted molar refractivity (Wildman–Crippen MR) is 97.8 cm³/mol. The quantitative estimate of drug-likeness (QED) is 0.742. The van der Waals surface area contributed by atoms with E-state index in [9.17, 15) is 9.18 Å². The van der Waals surface area contributed by atoms with Gasteiger partial charge in [0.25, 0.3) is 5.91 Å². The molecule has 1 amide bonds. The van der Waals surface area contributed by atoms with Crippen molar-refractivity contribution in [2.24, 2.45) is 0 Å². The van der Waals surface area contributed by atoms with Crippen molar-refractivity contribution in [1.29, 1.82) is 5.26 Å². The number of carbonyl (C=O) groups is 1. The summed E-state index contributed by atoms with van der Waals surface area (Å²) in [4.78, 5) is 16.8. The first-order valence-corrected chi connectivity index (χ1v) is 8.22. The molecule has 0 aliphatic heterocycles. The Bertz CT molecular complexity index is 993. The van der Waals surface area contributed by atoms with E-state index in [2.05, 4.69) is 10.3 Å². The first-order chi connectivity index (χ1) is 13.0. The second-order valence-electron chi connectivity index (χ2n) is 5.91. The molecule has 1 aromatic heterocycles. The van der Waals surface area contributed by atoms with Crippen LogP contribution >= 0.6 is 0 Å². The summed E-state index contributed by atoms with van der Waals surface area (Å²) in [6.45, 7) is 2.13. The monoisotopic (exact) mass is 361 g/mol. The molecule has 1 heterocycles. The van der Waals surface area contributed by atoms with E-state index in [-0.39, 0.29) is 23.2 Å². The summed E-state index contributed by atoms with van der Waals surface area (Å²) in [6, 6.07) is 16.2. The number of ether oxygens (including phenoxy) is 1. The van der Waals surface area contributed by atoms with Gasteiger partial charge in [-0.15, -0.1) is 0 Å². The molecule has 1 N–H and O–H groups in total. The zero-order chi connectivity index (χ0) is 19.2. The van der Waals surface area contributed by atoms with Gasteiger partial charge in [0.2, 0.25) is 5.88 Å². The van der Waals surface area contributed by atoms with E-state index in [1.807, 2.05) is 13.0 Å². The van der Waals surface area contributed by atoms with Crippen LogP contribution in [0.4, 0.5) is 4.39 Å². The van der Waals surface area contributed by atoms with Gasteiger partial charge in [-0.25, -0.2) is 9.37 Å². The summed E-state index contributed by atoms with van der Waals surface area (Å²) in [5, 5.41) is 11.6. The number of hydrogen-bond acceptors (Lipinski definition) is 4. The van der Waals surface area contributed by atoms with Crippen LogP contribution in [0.3, 0.4) is 0 Å². The Labute approximate surface area is 156 Å². The molecular formula is C21H16FN3O2. The van der Waals surface area contributed by atoms with Gasteiger partial charge in [-0.1, -0.05) is 12.1 Å². The standard InChI is InChI=1S/C21H16FN3O2/c1-14-10-19(20(26)24-13-16-4-2-15(11-23)3-5-16)21(25-12-14)27-18-8-6-17(22)7-9-18/h2-10,12H,13H2,1H3,(H,24,26). The van der Waals surface area contributed by atoms with Crippen LogP contribution in [0, 0.1) is 24.1 Å². The molecule has 0 fully saturated rings. The number of rotatable bonds is 5. The molecule has 5 nitrogen and oxygen atoms in total. The second-order valence-corrected chi connectivity index (χ2v) is 5.91. The number of nitriles is 1. The minimum atomic E-state index is -0.375. The SMILES string of the molecule is Cc1cnc(Oc2ccc(F)cc2)c(C(=O)NCc2ccc(C#N)cc2)c1. The minimum Gasteiger partial charge on any atom is -0.438 e. The van der Waals surface area contributed by atoms with Gasteiger partial charge in [-0.2, -0.15) is 5.26 Å². The lowest BCUT2D eigenvalue weighted by Crippen LogP contribution is -2.23. The number of aromatic nitrogens is 1. The van der Waals surface area contributed by atoms with Gasteiger partial charge >= 0.3 is 0 Å². The predicted octanol–water partition coefficient (Wildman–Crippen LogP) is 4.12. The number of amides is 1. The van der Waals surface area contributed by atoms with Crippen molar-refractivity contribution >= 4 is 5.91 Å². The highest BCUT2D eigenvalue weighted by Crippen LogP contribution is 2.24. The van der Waals surface area contributed by atoms with Crippen molar-refractivity contribution in [2.75, 3.05) is 0 Å². The topological polar surface area (TPSA) is 75.0 Å². The third kappa shape index (κ3) is 4.67. The molecule has 0 spiro atoms. The number of nitrogens with one attached hydrogen (secondary N) is 1. The summed E-state index contributed by atoms with van der Waals surface area (Å²) in [5.74, 6) is -0.189. The third-order valence-electron chi connectivity index (χ3n) is 3.80. The van der Waals surface area contributed by atoms with E-state index in [0.717, 1.165) is 11.1 Å². The molecule has 0 saturated carbocycles. The molecule has 0 bridgehead atoms. The highest BCUT2D eigenvalue weighted by Gasteiger charge is 2.15. The first-order valence-electron chi connectivity index (χ1n) is 8.22. The summed E-state index contributed by atoms with van der Waals surface area (Å²) in [5.41, 5.74) is 2.52. The maximum atomic E-state index is 13.0. The zero-order valence-electron chi connectivity index (χ0n) is 14.6. The fourth-order valence-corrected chi connectivity index (χ4v) is 2.39. The lowest BCUT2D eigenvalue weighted by atomic mass is 10.1. The Morgan fingerprint density at radius 1 is 1.19 bits per heavy atom. The van der Waals surface area contributed by atoms with Crippen molar-refractivity contribution in [3.8, 4) is 17.7 Å². The molecule has 0 saturated heterocycles. The fraction of sp³-hybridized carbons (Fsp3) is 0.0952. The summed E-state index contributed by atoms with van der Waals surface area (Å²) in [6.07, 6.45) is 1.59. The van der Waals surface area contributed by atoms with Crippen molar-refractivity contribution < 1.29 is 13.9 Å². The lowest BCUT2D eigenvalue weighted by molar-refractivity contribution is 0.0948. The summed E-state index contributed by atoms with van der Waals surface area (Å²) >= 11 is 0. The summed E-state index contributed by atoms with van der Waals surface area (Å²) in [7, 11) is 0. The van der Waals surface area contributed by atoms with Gasteiger partial charge in [0.15, 0.2) is 0 Å². The molecular weight excluding hydrogens is 345 g/mol. The lowest BCUT2D eigenvalue weighted by Gasteiger charge is -2.11. The van der Waals surface area contributed by atoms with Gasteiger partial charge in [-0.3, -0.25) is 4.79 Å². The van der Waals surface area contributed by atoms with Crippen LogP contribution in [0.25, 0.3) is 0 Å². The number of hydrogen-bond donors (Lipinski definition) is 1. The van der Waals surface area contributed by atoms with Gasteiger partial charge < -0.3 is 10.1 Å². The Kier molecular flexibility index (Phi) is 5.43. The second kappa shape index (κ2) is 8.11. The smallest absolute Gasteiger partial charge is 0.257 e. The van der Waals surface area contributed by atoms with E-state index in [4.69, 9.17) is 10.00 Å². The number of nitrogens with zero attached hydrogens (tertiary/aromatic N) is 2. The van der Waals surface area contributed by atoms with E-state index in [0.29, 0.717) is 17.9 Å². The number of pyridine rings is 1. The minimum absolute atomic E-state index is 0.143. The average Bonchev–Trinajstić information content (AvgIpc) is 2.69. The van der Waals surface area contributed by atoms with Crippen molar-refractivity contribution in [3.63, 3.8) is 0 Å². The molecule has 0 aliphatic carbocycles. The maximum Gasteiger partial charge on any atom is 0.257 e. The average molecular weight is 361 g/mol. The molecule has 6 heteroatoms. The largest absolute Gasteiger partial charge is 0.438 e. The molecule has 0 unspecified atom stereocenters. The Morgan fingerprint density at radius 3 is 2.56 bits per heavy atom. The Hall–Kier alpha value is -3.72. The van der Waals surface area contributed by atoms with Crippen LogP contribution in [0.15, 0.2) is 60.8 Å². The van der Waals surface area contributed by atoms with Gasteiger partial charge in [0, 0.05) is 12.7 Å². The van der Waals surface area contributed by atoms with Crippen molar-refractivity contribution in [2.45, 2.75) is 13.5 Å². The third-order valence-corrected chi connectivity index (χ3v) is 3.80. The fourth-order valence-electron chi connectivity index (χ4n) is 2.39. The van der Waals surface area contributed by atoms with E-state index >= 15 is 0 Å². The number of benzene rings is 2. The normalized spacial score (nSPS) is 10.1. The number of halogens is 1. The molecule has 134 valence electrons. The molecule has 2 aromatic carbocycles. The van der Waals surface area contributed by atoms with Crippen LogP contribution in [-0.4, -0.2) is 10.9 Å². The van der Waals surface area contributed by atoms with E-state index < -0.39 is 0 Å². The molecule has 27 heavy (non-hydrogen) atoms. The summed E-state index contributed by atoms with van der Waals surface area (Å²) < 4.78 is 18.7. The van der Waals surface area contributed by atoms with Crippen LogP contribution in [0.1, 0.15) is 27.0 Å². The Balaban J connectivity index is 1.75. The van der Waals surface area contributed by atoms with E-state index in [1.54, 1.807) is 36.5 Å². The molecule has 3 rings (SSSR count). The highest BCUT2D eigenvalue weighted by molar-refractivity contribution is 5.96. The molecule has 0 radical (unpaired) electrons. The molecule has 0 atom stereocenters. The Morgan fingerprint density at radius 2 is 1.89 bits per heavy atom. The van der Waals surface area contributed by atoms with Crippen LogP contribution < -0.4 is 10.1 Å². The van der Waals surface area contributed by atoms with Crippen molar-refractivity contribution in [3.05, 3.63) is 88.9 Å². The molecule has 0 aliphatic rings. The number of aryl methyl sites for hydroxylation is 1. The van der Waals surface area contributed by atoms with Crippen LogP contribution in [-0.2, 0) is 6.54 Å². The van der Waals surface area contributed by atoms with E-state index in [1.165, 1.54) is 24.3 Å². The highest BCUT2D eigenvalue weighted by atomic mass is 19.1. The van der Waals surface area contributed by atoms with Gasteiger partial charge in [0.05, 0.1) is 11.6 Å². The van der Waals surface area contributed by atoms with Gasteiger partial charge in [0.1, 0.15) is 17.1 Å². The van der Waals surface area contributed by atoms with Crippen LogP contribution in [0.5, 0.6) is 11.6 Å².